The van der Waals surface area contributed by atoms with Crippen molar-refractivity contribution in [1.29, 1.82) is 0 Å². The molecule has 2 N–H and O–H groups in total. The number of nitro benzene ring substituents is 1. The molecule has 0 aromatic heterocycles. The minimum absolute atomic E-state index is 0.283. The van der Waals surface area contributed by atoms with Gasteiger partial charge in [0.15, 0.2) is 0 Å². The molecule has 70 valence electrons. The Labute approximate surface area is 82.3 Å². The SMILES string of the molecule is O=[N+]([O-])c1c(O)c(Cl)cc(Cl)c1O. The van der Waals surface area contributed by atoms with E-state index in [2.05, 4.69) is 0 Å². The second-order valence-electron chi connectivity index (χ2n) is 2.14. The minimum Gasteiger partial charge on any atom is -0.501 e. The van der Waals surface area contributed by atoms with Crippen LogP contribution in [0.2, 0.25) is 10.0 Å². The lowest BCUT2D eigenvalue weighted by molar-refractivity contribution is -0.386. The summed E-state index contributed by atoms with van der Waals surface area (Å²) in [7, 11) is 0. The number of phenolic OH excluding ortho intramolecular Hbond substituents is 2. The molecule has 0 heterocycles. The van der Waals surface area contributed by atoms with Crippen LogP contribution >= 0.6 is 23.2 Å². The summed E-state index contributed by atoms with van der Waals surface area (Å²) >= 11 is 10.8. The molecule has 0 unspecified atom stereocenters. The molecule has 0 radical (unpaired) electrons. The van der Waals surface area contributed by atoms with E-state index in [0.717, 1.165) is 6.07 Å². The van der Waals surface area contributed by atoms with Gasteiger partial charge in [-0.1, -0.05) is 23.2 Å². The van der Waals surface area contributed by atoms with Gasteiger partial charge >= 0.3 is 5.69 Å². The Morgan fingerprint density at radius 3 is 1.92 bits per heavy atom. The van der Waals surface area contributed by atoms with Crippen LogP contribution in [-0.2, 0) is 0 Å². The minimum atomic E-state index is -0.970. The van der Waals surface area contributed by atoms with Crippen LogP contribution in [0.25, 0.3) is 0 Å². The third-order valence-corrected chi connectivity index (χ3v) is 1.91. The van der Waals surface area contributed by atoms with E-state index < -0.39 is 22.1 Å². The van der Waals surface area contributed by atoms with Crippen LogP contribution in [0.15, 0.2) is 6.07 Å². The highest BCUT2D eigenvalue weighted by Crippen LogP contribution is 2.44. The van der Waals surface area contributed by atoms with E-state index in [1.165, 1.54) is 0 Å². The second-order valence-corrected chi connectivity index (χ2v) is 2.96. The second kappa shape index (κ2) is 3.27. The summed E-state index contributed by atoms with van der Waals surface area (Å²) in [6, 6.07) is 1.01. The summed E-state index contributed by atoms with van der Waals surface area (Å²) in [6.07, 6.45) is 0. The fourth-order valence-corrected chi connectivity index (χ4v) is 1.21. The molecule has 1 aromatic carbocycles. The maximum Gasteiger partial charge on any atom is 0.355 e. The van der Waals surface area contributed by atoms with Crippen molar-refractivity contribution in [3.05, 3.63) is 26.2 Å². The van der Waals surface area contributed by atoms with Gasteiger partial charge in [0, 0.05) is 0 Å². The van der Waals surface area contributed by atoms with Crippen LogP contribution in [0.4, 0.5) is 5.69 Å². The number of phenols is 2. The number of nitrogens with zero attached hydrogens (tertiary/aromatic N) is 1. The van der Waals surface area contributed by atoms with Crippen LogP contribution in [0.3, 0.4) is 0 Å². The number of benzene rings is 1. The van der Waals surface area contributed by atoms with Gasteiger partial charge in [-0.3, -0.25) is 10.1 Å². The lowest BCUT2D eigenvalue weighted by Gasteiger charge is -2.02. The molecule has 1 rings (SSSR count). The highest BCUT2D eigenvalue weighted by atomic mass is 35.5. The Balaban J connectivity index is 3.56. The predicted molar refractivity (Wildman–Crippen MR) is 46.4 cm³/mol. The largest absolute Gasteiger partial charge is 0.501 e. The molecule has 0 saturated carbocycles. The summed E-state index contributed by atoms with van der Waals surface area (Å²) in [5.41, 5.74) is -0.891. The molecule has 0 saturated heterocycles. The topological polar surface area (TPSA) is 83.6 Å². The molecule has 0 fully saturated rings. The van der Waals surface area contributed by atoms with E-state index in [-0.39, 0.29) is 10.0 Å². The van der Waals surface area contributed by atoms with Gasteiger partial charge in [-0.15, -0.1) is 0 Å². The first-order valence-corrected chi connectivity index (χ1v) is 3.75. The maximum absolute atomic E-state index is 10.3. The van der Waals surface area contributed by atoms with Crippen molar-refractivity contribution >= 4 is 28.9 Å². The van der Waals surface area contributed by atoms with Crippen LogP contribution < -0.4 is 0 Å². The highest BCUT2D eigenvalue weighted by Gasteiger charge is 2.25. The molecule has 13 heavy (non-hydrogen) atoms. The third-order valence-electron chi connectivity index (χ3n) is 1.34. The number of aromatic hydroxyl groups is 2. The van der Waals surface area contributed by atoms with Crippen molar-refractivity contribution in [2.75, 3.05) is 0 Å². The lowest BCUT2D eigenvalue weighted by atomic mass is 10.2. The van der Waals surface area contributed by atoms with Gasteiger partial charge in [0.1, 0.15) is 0 Å². The molecule has 7 heteroatoms. The van der Waals surface area contributed by atoms with Crippen molar-refractivity contribution in [2.24, 2.45) is 0 Å². The summed E-state index contributed by atoms with van der Waals surface area (Å²) in [4.78, 5) is 9.35. The molecule has 0 bridgehead atoms. The fraction of sp³-hybridized carbons (Fsp3) is 0. The molecule has 0 spiro atoms. The van der Waals surface area contributed by atoms with Gasteiger partial charge in [-0.25, -0.2) is 0 Å². The van der Waals surface area contributed by atoms with Gasteiger partial charge < -0.3 is 10.2 Å². The smallest absolute Gasteiger partial charge is 0.355 e. The van der Waals surface area contributed by atoms with E-state index in [1.807, 2.05) is 0 Å². The number of halogens is 2. The molecule has 5 nitrogen and oxygen atoms in total. The van der Waals surface area contributed by atoms with Crippen molar-refractivity contribution in [3.8, 4) is 11.5 Å². The Bertz CT molecular complexity index is 353. The first-order valence-electron chi connectivity index (χ1n) is 2.99. The number of rotatable bonds is 1. The summed E-state index contributed by atoms with van der Waals surface area (Å²) in [5, 5.41) is 27.9. The van der Waals surface area contributed by atoms with Gasteiger partial charge in [-0.2, -0.15) is 0 Å². The average Bonchev–Trinajstić information content (AvgIpc) is 2.01. The van der Waals surface area contributed by atoms with Crippen LogP contribution in [0.1, 0.15) is 0 Å². The predicted octanol–water partition coefficient (Wildman–Crippen LogP) is 2.31. The van der Waals surface area contributed by atoms with Gasteiger partial charge in [-0.05, 0) is 6.07 Å². The number of hydrogen-bond acceptors (Lipinski definition) is 4. The Morgan fingerprint density at radius 2 is 1.62 bits per heavy atom. The first kappa shape index (κ1) is 9.88. The van der Waals surface area contributed by atoms with Crippen LogP contribution in [0, 0.1) is 10.1 Å². The van der Waals surface area contributed by atoms with E-state index in [1.54, 1.807) is 0 Å². The van der Waals surface area contributed by atoms with Crippen molar-refractivity contribution in [2.45, 2.75) is 0 Å². The van der Waals surface area contributed by atoms with Gasteiger partial charge in [0.25, 0.3) is 0 Å². The zero-order chi connectivity index (χ0) is 10.2. The standard InChI is InChI=1S/C6H3Cl2NO4/c7-2-1-3(8)6(11)4(5(2)10)9(12)13/h1,10-11H. The molecule has 0 aliphatic heterocycles. The van der Waals surface area contributed by atoms with E-state index in [9.17, 15) is 10.1 Å². The van der Waals surface area contributed by atoms with E-state index >= 15 is 0 Å². The summed E-state index contributed by atoms with van der Waals surface area (Å²) in [5.74, 6) is -1.60. The maximum atomic E-state index is 10.3. The molecule has 0 atom stereocenters. The summed E-state index contributed by atoms with van der Waals surface area (Å²) in [6.45, 7) is 0. The molecule has 1 aromatic rings. The van der Waals surface area contributed by atoms with E-state index in [0.29, 0.717) is 0 Å². The Morgan fingerprint density at radius 1 is 1.23 bits per heavy atom. The highest BCUT2D eigenvalue weighted by molar-refractivity contribution is 6.37. The first-order chi connectivity index (χ1) is 5.95. The van der Waals surface area contributed by atoms with Gasteiger partial charge in [0.2, 0.25) is 11.5 Å². The van der Waals surface area contributed by atoms with Crippen molar-refractivity contribution < 1.29 is 15.1 Å². The quantitative estimate of drug-likeness (QED) is 0.566. The normalized spacial score (nSPS) is 10.0. The monoisotopic (exact) mass is 223 g/mol. The fourth-order valence-electron chi connectivity index (χ4n) is 0.759. The third kappa shape index (κ3) is 1.61. The molecule has 0 amide bonds. The average molecular weight is 224 g/mol. The Kier molecular flexibility index (Phi) is 2.49. The molecule has 0 aliphatic carbocycles. The Hall–Kier alpha value is -1.20. The molecular weight excluding hydrogens is 221 g/mol. The number of nitro groups is 1. The van der Waals surface area contributed by atoms with Crippen molar-refractivity contribution in [3.63, 3.8) is 0 Å². The zero-order valence-electron chi connectivity index (χ0n) is 5.99. The van der Waals surface area contributed by atoms with Crippen LogP contribution in [-0.4, -0.2) is 15.1 Å². The summed E-state index contributed by atoms with van der Waals surface area (Å²) < 4.78 is 0. The molecular formula is C6H3Cl2NO4. The lowest BCUT2D eigenvalue weighted by Crippen LogP contribution is -1.90. The number of hydrogen-bond donors (Lipinski definition) is 2. The van der Waals surface area contributed by atoms with Gasteiger partial charge in [0.05, 0.1) is 15.0 Å². The molecule has 0 aliphatic rings. The zero-order valence-corrected chi connectivity index (χ0v) is 7.50. The van der Waals surface area contributed by atoms with E-state index in [4.69, 9.17) is 33.4 Å². The van der Waals surface area contributed by atoms with Crippen molar-refractivity contribution in [1.82, 2.24) is 0 Å². The van der Waals surface area contributed by atoms with Crippen LogP contribution in [0.5, 0.6) is 11.5 Å².